The van der Waals surface area contributed by atoms with Gasteiger partial charge in [-0.2, -0.15) is 4.31 Å². The maximum absolute atomic E-state index is 14.0. The molecule has 236 valence electrons. The lowest BCUT2D eigenvalue weighted by Gasteiger charge is -2.39. The van der Waals surface area contributed by atoms with Crippen molar-refractivity contribution in [2.45, 2.75) is 43.7 Å². The first kappa shape index (κ1) is 32.8. The van der Waals surface area contributed by atoms with Crippen LogP contribution < -0.4 is 14.2 Å². The zero-order valence-corrected chi connectivity index (χ0v) is 26.6. The number of likely N-dealkylation sites (tertiary alicyclic amines) is 1. The predicted molar refractivity (Wildman–Crippen MR) is 168 cm³/mol. The normalized spacial score (nSPS) is 13.9. The Labute approximate surface area is 260 Å². The Balaban J connectivity index is 1.54. The van der Waals surface area contributed by atoms with Crippen molar-refractivity contribution in [3.05, 3.63) is 83.9 Å². The minimum absolute atomic E-state index is 0.142. The van der Waals surface area contributed by atoms with Crippen LogP contribution in [0.1, 0.15) is 42.1 Å². The van der Waals surface area contributed by atoms with Crippen LogP contribution in [0.25, 0.3) is 0 Å². The molecular formula is C33H41N3O7S. The van der Waals surface area contributed by atoms with Crippen LogP contribution in [0.3, 0.4) is 0 Å². The van der Waals surface area contributed by atoms with E-state index < -0.39 is 10.0 Å². The van der Waals surface area contributed by atoms with Crippen molar-refractivity contribution in [3.63, 3.8) is 0 Å². The van der Waals surface area contributed by atoms with E-state index >= 15 is 0 Å². The molecule has 0 spiro atoms. The van der Waals surface area contributed by atoms with Gasteiger partial charge in [0.15, 0.2) is 0 Å². The van der Waals surface area contributed by atoms with Crippen LogP contribution >= 0.6 is 0 Å². The number of hydrogen-bond donors (Lipinski definition) is 0. The third-order valence-electron chi connectivity index (χ3n) is 7.79. The molecule has 0 aliphatic carbocycles. The van der Waals surface area contributed by atoms with Gasteiger partial charge in [-0.1, -0.05) is 37.3 Å². The third kappa shape index (κ3) is 7.89. The number of carbonyl (C=O) groups is 2. The number of methoxy groups -OCH3 is 3. The highest BCUT2D eigenvalue weighted by molar-refractivity contribution is 7.89. The van der Waals surface area contributed by atoms with Crippen molar-refractivity contribution >= 4 is 21.8 Å². The Morgan fingerprint density at radius 3 is 1.98 bits per heavy atom. The Morgan fingerprint density at radius 1 is 0.841 bits per heavy atom. The summed E-state index contributed by atoms with van der Waals surface area (Å²) in [5.74, 6) is 1.34. The first-order chi connectivity index (χ1) is 21.2. The first-order valence-corrected chi connectivity index (χ1v) is 16.1. The van der Waals surface area contributed by atoms with E-state index in [4.69, 9.17) is 14.2 Å². The number of benzene rings is 3. The van der Waals surface area contributed by atoms with Gasteiger partial charge in [0.25, 0.3) is 5.91 Å². The highest BCUT2D eigenvalue weighted by atomic mass is 32.2. The van der Waals surface area contributed by atoms with Crippen molar-refractivity contribution in [1.82, 2.24) is 14.1 Å². The maximum Gasteiger partial charge on any atom is 0.254 e. The minimum Gasteiger partial charge on any atom is -0.497 e. The van der Waals surface area contributed by atoms with Crippen LogP contribution in [0.4, 0.5) is 0 Å². The van der Waals surface area contributed by atoms with E-state index in [9.17, 15) is 18.0 Å². The van der Waals surface area contributed by atoms with Gasteiger partial charge in [0.05, 0.1) is 32.8 Å². The van der Waals surface area contributed by atoms with Gasteiger partial charge in [-0.15, -0.1) is 0 Å². The number of rotatable bonds is 13. The van der Waals surface area contributed by atoms with E-state index in [-0.39, 0.29) is 35.8 Å². The summed E-state index contributed by atoms with van der Waals surface area (Å²) >= 11 is 0. The molecule has 10 nitrogen and oxygen atoms in total. The van der Waals surface area contributed by atoms with Gasteiger partial charge < -0.3 is 24.0 Å². The van der Waals surface area contributed by atoms with E-state index in [1.807, 2.05) is 31.2 Å². The first-order valence-electron chi connectivity index (χ1n) is 14.7. The Hall–Kier alpha value is -4.09. The average Bonchev–Trinajstić information content (AvgIpc) is 3.07. The molecule has 0 saturated carbocycles. The van der Waals surface area contributed by atoms with Gasteiger partial charge in [-0.25, -0.2) is 8.42 Å². The molecule has 2 amide bonds. The van der Waals surface area contributed by atoms with Crippen LogP contribution in [0, 0.1) is 0 Å². The summed E-state index contributed by atoms with van der Waals surface area (Å²) in [5.41, 5.74) is 1.36. The second kappa shape index (κ2) is 15.1. The molecule has 0 unspecified atom stereocenters. The minimum atomic E-state index is -3.87. The number of sulfonamides is 1. The molecule has 1 fully saturated rings. The molecule has 4 rings (SSSR count). The molecule has 1 aliphatic heterocycles. The van der Waals surface area contributed by atoms with Crippen molar-refractivity contribution in [2.24, 2.45) is 0 Å². The number of nitrogens with zero attached hydrogens (tertiary/aromatic N) is 3. The van der Waals surface area contributed by atoms with Crippen molar-refractivity contribution in [2.75, 3.05) is 47.5 Å². The molecule has 11 heteroatoms. The summed E-state index contributed by atoms with van der Waals surface area (Å²) in [5, 5.41) is 0. The van der Waals surface area contributed by atoms with Gasteiger partial charge in [0.2, 0.25) is 15.9 Å². The molecule has 1 saturated heterocycles. The van der Waals surface area contributed by atoms with Crippen LogP contribution in [0.2, 0.25) is 0 Å². The highest BCUT2D eigenvalue weighted by Gasteiger charge is 2.33. The summed E-state index contributed by atoms with van der Waals surface area (Å²) in [7, 11) is 0.798. The summed E-state index contributed by atoms with van der Waals surface area (Å²) < 4.78 is 44.2. The quantitative estimate of drug-likeness (QED) is 0.277. The van der Waals surface area contributed by atoms with Crippen LogP contribution in [0.5, 0.6) is 17.2 Å². The van der Waals surface area contributed by atoms with Crippen LogP contribution in [-0.2, 0) is 21.4 Å². The fourth-order valence-electron chi connectivity index (χ4n) is 5.36. The molecule has 0 atom stereocenters. The smallest absolute Gasteiger partial charge is 0.254 e. The number of amides is 2. The van der Waals surface area contributed by atoms with Crippen LogP contribution in [0.15, 0.2) is 77.7 Å². The topological polar surface area (TPSA) is 106 Å². The van der Waals surface area contributed by atoms with Gasteiger partial charge in [0.1, 0.15) is 17.2 Å². The van der Waals surface area contributed by atoms with E-state index in [1.165, 1.54) is 18.5 Å². The molecule has 0 radical (unpaired) electrons. The van der Waals surface area contributed by atoms with E-state index in [0.717, 1.165) is 5.56 Å². The Kier molecular flexibility index (Phi) is 11.2. The average molecular weight is 624 g/mol. The SMILES string of the molecule is CCCN(CC(=O)N(Cc1ccc(OC)cc1)C1CCN(C(=O)c2cc(OC)cc(OC)c2)CC1)S(=O)(=O)c1ccccc1. The zero-order chi connectivity index (χ0) is 31.7. The van der Waals surface area contributed by atoms with E-state index in [2.05, 4.69) is 0 Å². The molecule has 0 bridgehead atoms. The maximum atomic E-state index is 14.0. The molecule has 3 aromatic carbocycles. The zero-order valence-electron chi connectivity index (χ0n) is 25.8. The second-order valence-corrected chi connectivity index (χ2v) is 12.6. The van der Waals surface area contributed by atoms with Gasteiger partial charge in [0, 0.05) is 43.9 Å². The Morgan fingerprint density at radius 2 is 1.43 bits per heavy atom. The van der Waals surface area contributed by atoms with Crippen molar-refractivity contribution < 1.29 is 32.2 Å². The monoisotopic (exact) mass is 623 g/mol. The van der Waals surface area contributed by atoms with Crippen LogP contribution in [-0.4, -0.2) is 87.9 Å². The molecule has 44 heavy (non-hydrogen) atoms. The second-order valence-electron chi connectivity index (χ2n) is 10.6. The van der Waals surface area contributed by atoms with Gasteiger partial charge >= 0.3 is 0 Å². The number of hydrogen-bond acceptors (Lipinski definition) is 7. The van der Waals surface area contributed by atoms with E-state index in [1.54, 1.807) is 65.4 Å². The van der Waals surface area contributed by atoms with Gasteiger partial charge in [-0.05, 0) is 61.2 Å². The Bertz CT molecular complexity index is 1480. The molecule has 0 aromatic heterocycles. The summed E-state index contributed by atoms with van der Waals surface area (Å²) in [6, 6.07) is 20.6. The standard InChI is InChI=1S/C33H41N3O7S/c1-5-17-35(44(39,40)31-9-7-6-8-10-31)24-32(37)36(23-25-11-13-28(41-2)14-12-25)27-15-18-34(19-16-27)33(38)26-20-29(42-3)22-30(21-26)43-4/h6-14,20-22,27H,5,15-19,23-24H2,1-4H3. The fourth-order valence-corrected chi connectivity index (χ4v) is 6.86. The van der Waals surface area contributed by atoms with Gasteiger partial charge in [-0.3, -0.25) is 9.59 Å². The number of carbonyl (C=O) groups excluding carboxylic acids is 2. The molecule has 0 N–H and O–H groups in total. The lowest BCUT2D eigenvalue weighted by molar-refractivity contribution is -0.135. The molecule has 3 aromatic rings. The summed E-state index contributed by atoms with van der Waals surface area (Å²) in [4.78, 5) is 31.1. The summed E-state index contributed by atoms with van der Waals surface area (Å²) in [6.45, 7) is 3.02. The highest BCUT2D eigenvalue weighted by Crippen LogP contribution is 2.27. The largest absolute Gasteiger partial charge is 0.497 e. The van der Waals surface area contributed by atoms with Crippen molar-refractivity contribution in [3.8, 4) is 17.2 Å². The van der Waals surface area contributed by atoms with E-state index in [0.29, 0.717) is 61.7 Å². The van der Waals surface area contributed by atoms with Crippen molar-refractivity contribution in [1.29, 1.82) is 0 Å². The summed E-state index contributed by atoms with van der Waals surface area (Å²) in [6.07, 6.45) is 1.66. The molecule has 1 heterocycles. The lowest BCUT2D eigenvalue weighted by atomic mass is 10.0. The third-order valence-corrected chi connectivity index (χ3v) is 9.65. The molecular weight excluding hydrogens is 582 g/mol. The number of ether oxygens (including phenoxy) is 3. The number of piperidine rings is 1. The fraction of sp³-hybridized carbons (Fsp3) is 0.394. The lowest BCUT2D eigenvalue weighted by Crippen LogP contribution is -2.51. The predicted octanol–water partition coefficient (Wildman–Crippen LogP) is 4.45. The molecule has 1 aliphatic rings.